The molecule has 4 aromatic heterocycles. The van der Waals surface area contributed by atoms with Crippen LogP contribution in [0.25, 0.3) is 93.9 Å². The van der Waals surface area contributed by atoms with Gasteiger partial charge in [-0.05, 0) is 72.8 Å². The lowest BCUT2D eigenvalue weighted by molar-refractivity contribution is 0.622. The van der Waals surface area contributed by atoms with E-state index in [-0.39, 0.29) is 0 Å². The zero-order valence-corrected chi connectivity index (χ0v) is 29.3. The van der Waals surface area contributed by atoms with Crippen LogP contribution < -0.4 is 4.90 Å². The second-order valence-corrected chi connectivity index (χ2v) is 13.9. The number of para-hydroxylation sites is 5. The third-order valence-corrected chi connectivity index (χ3v) is 10.8. The fraction of sp³-hybridized carbons (Fsp3) is 0. The van der Waals surface area contributed by atoms with Crippen LogP contribution in [0.15, 0.2) is 189 Å². The number of anilines is 3. The van der Waals surface area contributed by atoms with E-state index in [0.717, 1.165) is 94.1 Å². The first-order chi connectivity index (χ1) is 27.3. The number of hydrogen-bond acceptors (Lipinski definition) is 5. The van der Waals surface area contributed by atoms with Crippen LogP contribution in [0.2, 0.25) is 0 Å². The van der Waals surface area contributed by atoms with Crippen molar-refractivity contribution in [2.24, 2.45) is 0 Å². The van der Waals surface area contributed by atoms with Crippen molar-refractivity contribution in [3.05, 3.63) is 176 Å². The number of nitrogens with zero attached hydrogens (tertiary/aromatic N) is 3. The quantitative estimate of drug-likeness (QED) is 0.178. The van der Waals surface area contributed by atoms with Gasteiger partial charge in [-0.1, -0.05) is 97.1 Å². The second kappa shape index (κ2) is 11.5. The summed E-state index contributed by atoms with van der Waals surface area (Å²) in [5.74, 6) is 0.584. The summed E-state index contributed by atoms with van der Waals surface area (Å²) in [6.45, 7) is 0. The number of furan rings is 2. The molecule has 8 aromatic carbocycles. The minimum Gasteiger partial charge on any atom is -0.456 e. The van der Waals surface area contributed by atoms with Gasteiger partial charge in [0, 0.05) is 44.2 Å². The summed E-state index contributed by atoms with van der Waals surface area (Å²) in [6.07, 6.45) is 0. The molecule has 4 heterocycles. The summed E-state index contributed by atoms with van der Waals surface area (Å²) in [5, 5.41) is 6.34. The van der Waals surface area contributed by atoms with E-state index in [4.69, 9.17) is 18.2 Å². The van der Waals surface area contributed by atoms with Crippen LogP contribution in [0, 0.1) is 0 Å². The molecule has 12 rings (SSSR count). The van der Waals surface area contributed by atoms with Crippen molar-refractivity contribution in [1.29, 1.82) is 0 Å². The van der Waals surface area contributed by atoms with Crippen LogP contribution in [0.4, 0.5) is 17.1 Å². The number of rotatable bonds is 5. The van der Waals surface area contributed by atoms with Gasteiger partial charge in [0.25, 0.3) is 0 Å². The molecule has 0 N–H and O–H groups in total. The van der Waals surface area contributed by atoms with Gasteiger partial charge in [0.05, 0.1) is 33.5 Å². The molecule has 0 amide bonds. The number of benzene rings is 8. The predicted molar refractivity (Wildman–Crippen MR) is 223 cm³/mol. The Hall–Kier alpha value is -7.57. The molecule has 0 aliphatic rings. The highest BCUT2D eigenvalue weighted by Gasteiger charge is 2.26. The minimum absolute atomic E-state index is 0.584. The van der Waals surface area contributed by atoms with Gasteiger partial charge in [-0.3, -0.25) is 0 Å². The number of aromatic nitrogens is 2. The maximum Gasteiger partial charge on any atom is 0.227 e. The Morgan fingerprint density at radius 1 is 0.455 bits per heavy atom. The second-order valence-electron chi connectivity index (χ2n) is 13.9. The lowest BCUT2D eigenvalue weighted by atomic mass is 10.1. The van der Waals surface area contributed by atoms with Crippen molar-refractivity contribution in [1.82, 2.24) is 9.55 Å². The summed E-state index contributed by atoms with van der Waals surface area (Å²) in [6, 6.07) is 60.8. The Bertz CT molecular complexity index is 3440. The van der Waals surface area contributed by atoms with Gasteiger partial charge in [0.2, 0.25) is 5.89 Å². The fourth-order valence-electron chi connectivity index (χ4n) is 8.42. The van der Waals surface area contributed by atoms with E-state index >= 15 is 0 Å². The Kier molecular flexibility index (Phi) is 6.24. The molecule has 6 nitrogen and oxygen atoms in total. The van der Waals surface area contributed by atoms with Gasteiger partial charge in [-0.25, -0.2) is 4.98 Å². The Morgan fingerprint density at radius 2 is 1.18 bits per heavy atom. The Morgan fingerprint density at radius 3 is 2.05 bits per heavy atom. The van der Waals surface area contributed by atoms with Gasteiger partial charge in [0.15, 0.2) is 11.2 Å². The van der Waals surface area contributed by atoms with Crippen LogP contribution in [0.3, 0.4) is 0 Å². The summed E-state index contributed by atoms with van der Waals surface area (Å²) in [7, 11) is 0. The third kappa shape index (κ3) is 4.39. The summed E-state index contributed by atoms with van der Waals surface area (Å²) < 4.78 is 22.2. The smallest absolute Gasteiger partial charge is 0.227 e. The summed E-state index contributed by atoms with van der Waals surface area (Å²) in [5.41, 5.74) is 11.7. The van der Waals surface area contributed by atoms with E-state index in [9.17, 15) is 0 Å². The van der Waals surface area contributed by atoms with Crippen LogP contribution >= 0.6 is 0 Å². The highest BCUT2D eigenvalue weighted by atomic mass is 16.4. The van der Waals surface area contributed by atoms with E-state index in [1.54, 1.807) is 0 Å². The molecule has 0 fully saturated rings. The molecule has 6 heteroatoms. The molecule has 12 aromatic rings. The van der Waals surface area contributed by atoms with Crippen molar-refractivity contribution in [3.63, 3.8) is 0 Å². The van der Waals surface area contributed by atoms with Crippen LogP contribution in [0.5, 0.6) is 0 Å². The average molecular weight is 708 g/mol. The lowest BCUT2D eigenvalue weighted by Crippen LogP contribution is -2.12. The van der Waals surface area contributed by atoms with E-state index in [1.807, 2.05) is 54.6 Å². The first kappa shape index (κ1) is 29.9. The highest BCUT2D eigenvalue weighted by molar-refractivity contribution is 6.19. The van der Waals surface area contributed by atoms with E-state index in [1.165, 1.54) is 5.39 Å². The molecule has 0 bridgehead atoms. The molecule has 55 heavy (non-hydrogen) atoms. The zero-order valence-electron chi connectivity index (χ0n) is 29.3. The van der Waals surface area contributed by atoms with Crippen molar-refractivity contribution >= 4 is 93.8 Å². The zero-order chi connectivity index (χ0) is 36.0. The first-order valence-electron chi connectivity index (χ1n) is 18.4. The third-order valence-electron chi connectivity index (χ3n) is 10.8. The largest absolute Gasteiger partial charge is 0.456 e. The van der Waals surface area contributed by atoms with Crippen LogP contribution in [-0.2, 0) is 0 Å². The monoisotopic (exact) mass is 707 g/mol. The van der Waals surface area contributed by atoms with Crippen molar-refractivity contribution < 1.29 is 13.3 Å². The van der Waals surface area contributed by atoms with Gasteiger partial charge in [0.1, 0.15) is 22.3 Å². The number of oxazole rings is 1. The molecule has 0 saturated carbocycles. The Balaban J connectivity index is 1.15. The molecule has 0 spiro atoms. The van der Waals surface area contributed by atoms with E-state index < -0.39 is 0 Å². The predicted octanol–water partition coefficient (Wildman–Crippen LogP) is 13.9. The normalized spacial score (nSPS) is 12.0. The molecular formula is C49H29N3O3. The molecule has 258 valence electrons. The molecule has 0 saturated heterocycles. The van der Waals surface area contributed by atoms with Gasteiger partial charge < -0.3 is 22.7 Å². The van der Waals surface area contributed by atoms with Crippen molar-refractivity contribution in [2.45, 2.75) is 0 Å². The van der Waals surface area contributed by atoms with Gasteiger partial charge in [-0.2, -0.15) is 0 Å². The average Bonchev–Trinajstić information content (AvgIpc) is 4.02. The van der Waals surface area contributed by atoms with Crippen LogP contribution in [-0.4, -0.2) is 9.55 Å². The molecular weight excluding hydrogens is 679 g/mol. The maximum absolute atomic E-state index is 6.72. The van der Waals surface area contributed by atoms with Crippen LogP contribution in [0.1, 0.15) is 0 Å². The number of fused-ring (bicyclic) bond motifs is 11. The van der Waals surface area contributed by atoms with Crippen molar-refractivity contribution in [3.8, 4) is 17.1 Å². The Labute approximate surface area is 313 Å². The van der Waals surface area contributed by atoms with Crippen molar-refractivity contribution in [2.75, 3.05) is 4.90 Å². The van der Waals surface area contributed by atoms with Gasteiger partial charge in [-0.15, -0.1) is 0 Å². The fourth-order valence-corrected chi connectivity index (χ4v) is 8.42. The summed E-state index contributed by atoms with van der Waals surface area (Å²) in [4.78, 5) is 7.16. The lowest BCUT2D eigenvalue weighted by Gasteiger charge is -2.27. The minimum atomic E-state index is 0.584. The van der Waals surface area contributed by atoms with Gasteiger partial charge >= 0.3 is 0 Å². The summed E-state index contributed by atoms with van der Waals surface area (Å²) >= 11 is 0. The van der Waals surface area contributed by atoms with E-state index in [0.29, 0.717) is 11.5 Å². The molecule has 0 unspecified atom stereocenters. The van der Waals surface area contributed by atoms with E-state index in [2.05, 4.69) is 131 Å². The molecule has 0 radical (unpaired) electrons. The molecule has 0 aliphatic carbocycles. The standard InChI is InChI=1S/C49H29N3O3/c1-3-13-30(14-4-1)49-50-38-27-28-43-45(48(38)55-49)37-26-25-32(29-44(37)53-43)51(41-23-12-20-36-34-18-8-10-24-42(34)54-47(36)41)40-22-11-19-35-33-17-7-9-21-39(33)52(46(35)40)31-15-5-2-6-16-31/h1-29H. The SMILES string of the molecule is c1ccc(-c2nc3ccc4oc5cc(N(c6cccc7c6oc6ccccc67)c6cccc7c8ccccc8n(-c8ccccc8)c67)ccc5c4c3o2)cc1. The first-order valence-corrected chi connectivity index (χ1v) is 18.4. The molecule has 0 aliphatic heterocycles. The number of hydrogen-bond donors (Lipinski definition) is 0. The molecule has 0 atom stereocenters. The highest BCUT2D eigenvalue weighted by Crippen LogP contribution is 2.48. The maximum atomic E-state index is 6.72. The topological polar surface area (TPSA) is 60.5 Å².